The molecule has 1 saturated carbocycles. The quantitative estimate of drug-likeness (QED) is 0.877. The van der Waals surface area contributed by atoms with E-state index >= 15 is 0 Å². The van der Waals surface area contributed by atoms with Crippen molar-refractivity contribution in [3.05, 3.63) is 24.5 Å². The minimum absolute atomic E-state index is 0.0161. The highest BCUT2D eigenvalue weighted by Crippen LogP contribution is 2.51. The van der Waals surface area contributed by atoms with Crippen molar-refractivity contribution in [1.29, 1.82) is 0 Å². The van der Waals surface area contributed by atoms with Crippen molar-refractivity contribution in [1.82, 2.24) is 15.2 Å². The standard InChI is InChI=1S/C18H25N3O4/c1-18(2,3)25-17(23)21-9-14-13(15(14)10-21)8-20-16(22)11-24-12-5-4-6-19-7-12/h4-7,13-15H,8-11H2,1-3H3,(H,20,22)/t13-,14-,15+. The van der Waals surface area contributed by atoms with Crippen LogP contribution in [0.15, 0.2) is 24.5 Å². The number of ether oxygens (including phenoxy) is 2. The molecule has 3 rings (SSSR count). The van der Waals surface area contributed by atoms with Crippen LogP contribution in [0, 0.1) is 17.8 Å². The zero-order valence-corrected chi connectivity index (χ0v) is 14.9. The first-order valence-electron chi connectivity index (χ1n) is 8.61. The van der Waals surface area contributed by atoms with Gasteiger partial charge < -0.3 is 19.7 Å². The average molecular weight is 347 g/mol. The second-order valence-electron chi connectivity index (χ2n) is 7.66. The van der Waals surface area contributed by atoms with Crippen LogP contribution < -0.4 is 10.1 Å². The molecule has 2 fully saturated rings. The van der Waals surface area contributed by atoms with Crippen LogP contribution >= 0.6 is 0 Å². The Balaban J connectivity index is 1.33. The van der Waals surface area contributed by atoms with Gasteiger partial charge in [-0.15, -0.1) is 0 Å². The maximum Gasteiger partial charge on any atom is 0.410 e. The number of pyridine rings is 1. The SMILES string of the molecule is CC(C)(C)OC(=O)N1C[C@@H]2[C@@H](CNC(=O)COc3cccnc3)[C@@H]2C1. The van der Waals surface area contributed by atoms with Crippen LogP contribution in [-0.2, 0) is 9.53 Å². The van der Waals surface area contributed by atoms with Crippen LogP contribution in [0.5, 0.6) is 5.75 Å². The van der Waals surface area contributed by atoms with Crippen LogP contribution in [0.1, 0.15) is 20.8 Å². The molecule has 2 heterocycles. The highest BCUT2D eigenvalue weighted by atomic mass is 16.6. The lowest BCUT2D eigenvalue weighted by Gasteiger charge is -2.25. The van der Waals surface area contributed by atoms with Gasteiger partial charge in [-0.1, -0.05) is 0 Å². The Hall–Kier alpha value is -2.31. The van der Waals surface area contributed by atoms with Crippen molar-refractivity contribution in [2.75, 3.05) is 26.2 Å². The molecule has 0 bridgehead atoms. The molecule has 3 atom stereocenters. The third-order valence-electron chi connectivity index (χ3n) is 4.56. The topological polar surface area (TPSA) is 80.8 Å². The van der Waals surface area contributed by atoms with E-state index in [1.807, 2.05) is 20.8 Å². The zero-order valence-electron chi connectivity index (χ0n) is 14.9. The van der Waals surface area contributed by atoms with E-state index in [1.54, 1.807) is 29.4 Å². The van der Waals surface area contributed by atoms with Crippen molar-refractivity contribution in [3.63, 3.8) is 0 Å². The van der Waals surface area contributed by atoms with Crippen molar-refractivity contribution in [3.8, 4) is 5.75 Å². The van der Waals surface area contributed by atoms with Gasteiger partial charge in [0.05, 0.1) is 6.20 Å². The highest BCUT2D eigenvalue weighted by molar-refractivity contribution is 5.77. The third-order valence-corrected chi connectivity index (χ3v) is 4.56. The molecule has 136 valence electrons. The summed E-state index contributed by atoms with van der Waals surface area (Å²) in [6.45, 7) is 7.65. The molecule has 1 aromatic rings. The number of amides is 2. The Morgan fingerprint density at radius 3 is 2.64 bits per heavy atom. The summed E-state index contributed by atoms with van der Waals surface area (Å²) in [5.74, 6) is 1.81. The highest BCUT2D eigenvalue weighted by Gasteiger charge is 2.56. The molecule has 1 aliphatic carbocycles. The number of hydrogen-bond donors (Lipinski definition) is 1. The first-order valence-corrected chi connectivity index (χ1v) is 8.61. The Labute approximate surface area is 147 Å². The van der Waals surface area contributed by atoms with Crippen molar-refractivity contribution in [2.24, 2.45) is 17.8 Å². The maximum atomic E-state index is 12.0. The predicted molar refractivity (Wildman–Crippen MR) is 91.0 cm³/mol. The predicted octanol–water partition coefficient (Wildman–Crippen LogP) is 1.69. The second kappa shape index (κ2) is 6.90. The number of hydrogen-bond acceptors (Lipinski definition) is 5. The summed E-state index contributed by atoms with van der Waals surface area (Å²) in [7, 11) is 0. The summed E-state index contributed by atoms with van der Waals surface area (Å²) in [4.78, 5) is 29.6. The lowest BCUT2D eigenvalue weighted by Crippen LogP contribution is -2.38. The van der Waals surface area contributed by atoms with E-state index in [4.69, 9.17) is 9.47 Å². The van der Waals surface area contributed by atoms with E-state index in [0.29, 0.717) is 43.1 Å². The largest absolute Gasteiger partial charge is 0.482 e. The van der Waals surface area contributed by atoms with E-state index in [9.17, 15) is 9.59 Å². The van der Waals surface area contributed by atoms with Gasteiger partial charge in [-0.05, 0) is 50.7 Å². The van der Waals surface area contributed by atoms with Gasteiger partial charge >= 0.3 is 6.09 Å². The molecular formula is C18H25N3O4. The van der Waals surface area contributed by atoms with Gasteiger partial charge in [-0.25, -0.2) is 4.79 Å². The Kier molecular flexibility index (Phi) is 4.83. The molecule has 7 nitrogen and oxygen atoms in total. The van der Waals surface area contributed by atoms with Gasteiger partial charge in [0.15, 0.2) is 6.61 Å². The van der Waals surface area contributed by atoms with Gasteiger partial charge in [0.2, 0.25) is 0 Å². The smallest absolute Gasteiger partial charge is 0.410 e. The number of nitrogens with zero attached hydrogens (tertiary/aromatic N) is 2. The zero-order chi connectivity index (χ0) is 18.0. The molecule has 1 saturated heterocycles. The summed E-state index contributed by atoms with van der Waals surface area (Å²) >= 11 is 0. The van der Waals surface area contributed by atoms with E-state index < -0.39 is 5.60 Å². The summed E-state index contributed by atoms with van der Waals surface area (Å²) < 4.78 is 10.8. The van der Waals surface area contributed by atoms with Gasteiger partial charge in [-0.3, -0.25) is 9.78 Å². The fraction of sp³-hybridized carbons (Fsp3) is 0.611. The summed E-state index contributed by atoms with van der Waals surface area (Å²) in [6, 6.07) is 3.52. The van der Waals surface area contributed by atoms with E-state index in [0.717, 1.165) is 0 Å². The number of carbonyl (C=O) groups excluding carboxylic acids is 2. The normalized spacial score (nSPS) is 24.4. The Bertz CT molecular complexity index is 617. The molecule has 2 aliphatic rings. The fourth-order valence-corrected chi connectivity index (χ4v) is 3.29. The molecule has 0 aromatic carbocycles. The van der Waals surface area contributed by atoms with E-state index in [-0.39, 0.29) is 18.6 Å². The number of nitrogens with one attached hydrogen (secondary N) is 1. The van der Waals surface area contributed by atoms with Crippen molar-refractivity contribution < 1.29 is 19.1 Å². The fourth-order valence-electron chi connectivity index (χ4n) is 3.29. The molecule has 1 aromatic heterocycles. The van der Waals surface area contributed by atoms with Crippen LogP contribution in [0.25, 0.3) is 0 Å². The first-order chi connectivity index (χ1) is 11.8. The monoisotopic (exact) mass is 347 g/mol. The number of fused-ring (bicyclic) bond motifs is 1. The number of piperidine rings is 1. The molecule has 2 amide bonds. The summed E-state index contributed by atoms with van der Waals surface area (Å²) in [6.07, 6.45) is 2.98. The third kappa shape index (κ3) is 4.61. The van der Waals surface area contributed by atoms with E-state index in [2.05, 4.69) is 10.3 Å². The molecule has 0 radical (unpaired) electrons. The average Bonchev–Trinajstić information content (AvgIpc) is 3.00. The molecule has 7 heteroatoms. The van der Waals surface area contributed by atoms with Gasteiger partial charge in [0, 0.05) is 25.8 Å². The number of rotatable bonds is 5. The van der Waals surface area contributed by atoms with Gasteiger partial charge in [0.1, 0.15) is 11.4 Å². The van der Waals surface area contributed by atoms with Crippen LogP contribution in [0.2, 0.25) is 0 Å². The lowest BCUT2D eigenvalue weighted by atomic mass is 10.2. The van der Waals surface area contributed by atoms with Gasteiger partial charge in [-0.2, -0.15) is 0 Å². The Morgan fingerprint density at radius 1 is 1.32 bits per heavy atom. The number of likely N-dealkylation sites (tertiary alicyclic amines) is 1. The summed E-state index contributed by atoms with van der Waals surface area (Å²) in [5.41, 5.74) is -0.467. The Morgan fingerprint density at radius 2 is 2.04 bits per heavy atom. The lowest BCUT2D eigenvalue weighted by molar-refractivity contribution is -0.123. The van der Waals surface area contributed by atoms with Crippen LogP contribution in [-0.4, -0.2) is 53.7 Å². The van der Waals surface area contributed by atoms with Crippen LogP contribution in [0.3, 0.4) is 0 Å². The molecule has 0 unspecified atom stereocenters. The molecule has 0 spiro atoms. The second-order valence-corrected chi connectivity index (χ2v) is 7.66. The molecule has 1 aliphatic heterocycles. The number of aromatic nitrogens is 1. The van der Waals surface area contributed by atoms with E-state index in [1.165, 1.54) is 0 Å². The minimum Gasteiger partial charge on any atom is -0.482 e. The maximum absolute atomic E-state index is 12.0. The first kappa shape index (κ1) is 17.5. The van der Waals surface area contributed by atoms with Crippen molar-refractivity contribution in [2.45, 2.75) is 26.4 Å². The van der Waals surface area contributed by atoms with Crippen molar-refractivity contribution >= 4 is 12.0 Å². The molecule has 1 N–H and O–H groups in total. The molecular weight excluding hydrogens is 322 g/mol. The number of carbonyl (C=O) groups is 2. The van der Waals surface area contributed by atoms with Crippen LogP contribution in [0.4, 0.5) is 4.79 Å². The molecule has 25 heavy (non-hydrogen) atoms. The summed E-state index contributed by atoms with van der Waals surface area (Å²) in [5, 5.41) is 2.91. The van der Waals surface area contributed by atoms with Gasteiger partial charge in [0.25, 0.3) is 5.91 Å². The minimum atomic E-state index is -0.467.